The zero-order chi connectivity index (χ0) is 18.9. The number of furan rings is 1. The number of hydrogen-bond acceptors (Lipinski definition) is 4. The van der Waals surface area contributed by atoms with Crippen LogP contribution in [0.2, 0.25) is 0 Å². The van der Waals surface area contributed by atoms with E-state index in [0.717, 1.165) is 36.9 Å². The number of anilines is 1. The number of hydrogen-bond donors (Lipinski definition) is 1. The lowest BCUT2D eigenvalue weighted by atomic mass is 10.2. The van der Waals surface area contributed by atoms with E-state index in [4.69, 9.17) is 4.42 Å². The van der Waals surface area contributed by atoms with Crippen molar-refractivity contribution in [1.82, 2.24) is 4.72 Å². The molecule has 0 atom stereocenters. The van der Waals surface area contributed by atoms with Crippen molar-refractivity contribution in [3.63, 3.8) is 0 Å². The highest BCUT2D eigenvalue weighted by atomic mass is 32.2. The SMILES string of the molecule is O=C(C=Cc1ccco1)N1CCc2cc(S(=O)(=O)NC3CCCC3)ccc21. The van der Waals surface area contributed by atoms with Gasteiger partial charge in [-0.1, -0.05) is 12.8 Å². The largest absolute Gasteiger partial charge is 0.465 e. The average Bonchev–Trinajstić information content (AvgIpc) is 3.40. The molecule has 1 N–H and O–H groups in total. The molecule has 0 unspecified atom stereocenters. The molecular formula is C20H22N2O4S. The van der Waals surface area contributed by atoms with Gasteiger partial charge in [-0.2, -0.15) is 0 Å². The molecule has 7 heteroatoms. The molecule has 1 aliphatic carbocycles. The predicted octanol–water partition coefficient (Wildman–Crippen LogP) is 3.10. The van der Waals surface area contributed by atoms with Crippen LogP contribution in [0.4, 0.5) is 5.69 Å². The van der Waals surface area contributed by atoms with Gasteiger partial charge < -0.3 is 9.32 Å². The number of carbonyl (C=O) groups is 1. The number of nitrogens with zero attached hydrogens (tertiary/aromatic N) is 1. The van der Waals surface area contributed by atoms with Crippen molar-refractivity contribution in [2.75, 3.05) is 11.4 Å². The molecule has 1 saturated carbocycles. The van der Waals surface area contributed by atoms with Crippen LogP contribution in [0.25, 0.3) is 6.08 Å². The highest BCUT2D eigenvalue weighted by molar-refractivity contribution is 7.89. The maximum Gasteiger partial charge on any atom is 0.251 e. The second-order valence-corrected chi connectivity index (χ2v) is 8.70. The summed E-state index contributed by atoms with van der Waals surface area (Å²) in [4.78, 5) is 14.4. The maximum atomic E-state index is 12.6. The van der Waals surface area contributed by atoms with Crippen molar-refractivity contribution < 1.29 is 17.6 Å². The van der Waals surface area contributed by atoms with E-state index in [2.05, 4.69) is 4.72 Å². The molecule has 0 spiro atoms. The Morgan fingerprint density at radius 2 is 2.04 bits per heavy atom. The third-order valence-electron chi connectivity index (χ3n) is 5.13. The summed E-state index contributed by atoms with van der Waals surface area (Å²) in [5.41, 5.74) is 1.65. The zero-order valence-corrected chi connectivity index (χ0v) is 15.7. The van der Waals surface area contributed by atoms with E-state index in [0.29, 0.717) is 18.7 Å². The molecule has 2 aliphatic rings. The lowest BCUT2D eigenvalue weighted by Gasteiger charge is -2.16. The van der Waals surface area contributed by atoms with Crippen LogP contribution in [0.5, 0.6) is 0 Å². The molecule has 27 heavy (non-hydrogen) atoms. The molecule has 0 radical (unpaired) electrons. The van der Waals surface area contributed by atoms with Crippen molar-refractivity contribution in [3.05, 3.63) is 54.0 Å². The van der Waals surface area contributed by atoms with Gasteiger partial charge in [-0.15, -0.1) is 0 Å². The van der Waals surface area contributed by atoms with Crippen LogP contribution >= 0.6 is 0 Å². The summed E-state index contributed by atoms with van der Waals surface area (Å²) in [6.07, 6.45) is 9.23. The second kappa shape index (κ2) is 7.32. The molecule has 0 bridgehead atoms. The molecule has 1 amide bonds. The summed E-state index contributed by atoms with van der Waals surface area (Å²) in [6, 6.07) is 8.57. The van der Waals surface area contributed by atoms with E-state index in [1.54, 1.807) is 47.6 Å². The summed E-state index contributed by atoms with van der Waals surface area (Å²) in [7, 11) is -3.52. The minimum Gasteiger partial charge on any atom is -0.465 e. The van der Waals surface area contributed by atoms with Crippen LogP contribution in [0.1, 0.15) is 37.0 Å². The average molecular weight is 386 g/mol. The van der Waals surface area contributed by atoms with Gasteiger partial charge in [0, 0.05) is 24.4 Å². The number of amides is 1. The molecule has 1 aliphatic heterocycles. The fourth-order valence-corrected chi connectivity index (χ4v) is 5.09. The van der Waals surface area contributed by atoms with Crippen molar-refractivity contribution >= 4 is 27.7 Å². The fraction of sp³-hybridized carbons (Fsp3) is 0.350. The van der Waals surface area contributed by atoms with Crippen LogP contribution in [0.3, 0.4) is 0 Å². The van der Waals surface area contributed by atoms with Crippen LogP contribution in [0.15, 0.2) is 52.0 Å². The Morgan fingerprint density at radius 1 is 1.22 bits per heavy atom. The van der Waals surface area contributed by atoms with E-state index in [1.165, 1.54) is 6.08 Å². The number of sulfonamides is 1. The zero-order valence-electron chi connectivity index (χ0n) is 14.9. The summed E-state index contributed by atoms with van der Waals surface area (Å²) in [6.45, 7) is 0.538. The maximum absolute atomic E-state index is 12.6. The van der Waals surface area contributed by atoms with Crippen LogP contribution in [0, 0.1) is 0 Å². The van der Waals surface area contributed by atoms with Crippen LogP contribution in [-0.4, -0.2) is 26.9 Å². The smallest absolute Gasteiger partial charge is 0.251 e. The second-order valence-electron chi connectivity index (χ2n) is 6.98. The van der Waals surface area contributed by atoms with Crippen molar-refractivity contribution in [2.24, 2.45) is 0 Å². The van der Waals surface area contributed by atoms with Crippen molar-refractivity contribution in [2.45, 2.75) is 43.0 Å². The quantitative estimate of drug-likeness (QED) is 0.801. The molecule has 2 aromatic rings. The first-order valence-corrected chi connectivity index (χ1v) is 10.7. The van der Waals surface area contributed by atoms with Gasteiger partial charge in [-0.3, -0.25) is 4.79 Å². The van der Waals surface area contributed by atoms with Crippen molar-refractivity contribution in [1.29, 1.82) is 0 Å². The molecular weight excluding hydrogens is 364 g/mol. The molecule has 6 nitrogen and oxygen atoms in total. The molecule has 1 aromatic carbocycles. The Kier molecular flexibility index (Phi) is 4.88. The van der Waals surface area contributed by atoms with Gasteiger partial charge in [0.1, 0.15) is 5.76 Å². The molecule has 0 saturated heterocycles. The number of rotatable bonds is 5. The number of benzene rings is 1. The predicted molar refractivity (Wildman–Crippen MR) is 103 cm³/mol. The summed E-state index contributed by atoms with van der Waals surface area (Å²) in [5, 5.41) is 0. The number of nitrogens with one attached hydrogen (secondary N) is 1. The lowest BCUT2D eigenvalue weighted by Crippen LogP contribution is -2.32. The lowest BCUT2D eigenvalue weighted by molar-refractivity contribution is -0.114. The summed E-state index contributed by atoms with van der Waals surface area (Å²) >= 11 is 0. The monoisotopic (exact) mass is 386 g/mol. The minimum absolute atomic E-state index is 0.0352. The number of fused-ring (bicyclic) bond motifs is 1. The van der Waals surface area contributed by atoms with E-state index in [-0.39, 0.29) is 16.8 Å². The first-order valence-electron chi connectivity index (χ1n) is 9.21. The highest BCUT2D eigenvalue weighted by Gasteiger charge is 2.27. The standard InChI is InChI=1S/C20H22N2O4S/c23-20(10-7-17-6-3-13-26-17)22-12-11-15-14-18(8-9-19(15)22)27(24,25)21-16-4-1-2-5-16/h3,6-10,13-14,16,21H,1-2,4-5,11-12H2. The molecule has 1 aromatic heterocycles. The molecule has 4 rings (SSSR count). The van der Waals surface area contributed by atoms with Gasteiger partial charge in [-0.05, 0) is 61.2 Å². The van der Waals surface area contributed by atoms with E-state index in [1.807, 2.05) is 0 Å². The van der Waals surface area contributed by atoms with E-state index >= 15 is 0 Å². The van der Waals surface area contributed by atoms with Crippen LogP contribution < -0.4 is 9.62 Å². The van der Waals surface area contributed by atoms with Crippen molar-refractivity contribution in [3.8, 4) is 0 Å². The molecule has 1 fully saturated rings. The Bertz CT molecular complexity index is 958. The molecule has 142 valence electrons. The Hall–Kier alpha value is -2.38. The van der Waals surface area contributed by atoms with E-state index < -0.39 is 10.0 Å². The molecule has 2 heterocycles. The van der Waals surface area contributed by atoms with Gasteiger partial charge in [0.25, 0.3) is 5.91 Å². The van der Waals surface area contributed by atoms with Gasteiger partial charge >= 0.3 is 0 Å². The van der Waals surface area contributed by atoms with Gasteiger partial charge in [0.2, 0.25) is 10.0 Å². The third kappa shape index (κ3) is 3.84. The summed E-state index contributed by atoms with van der Waals surface area (Å²) in [5.74, 6) is 0.465. The third-order valence-corrected chi connectivity index (χ3v) is 6.65. The Balaban J connectivity index is 1.51. The summed E-state index contributed by atoms with van der Waals surface area (Å²) < 4.78 is 33.2. The Morgan fingerprint density at radius 3 is 2.78 bits per heavy atom. The van der Waals surface area contributed by atoms with E-state index in [9.17, 15) is 13.2 Å². The topological polar surface area (TPSA) is 79.6 Å². The number of carbonyl (C=O) groups excluding carboxylic acids is 1. The normalized spacial score (nSPS) is 17.7. The van der Waals surface area contributed by atoms with Gasteiger partial charge in [-0.25, -0.2) is 13.1 Å². The van der Waals surface area contributed by atoms with Gasteiger partial charge in [0.05, 0.1) is 11.2 Å². The fourth-order valence-electron chi connectivity index (χ4n) is 3.73. The minimum atomic E-state index is -3.52. The first-order chi connectivity index (χ1) is 13.0. The highest BCUT2D eigenvalue weighted by Crippen LogP contribution is 2.31. The van der Waals surface area contributed by atoms with Crippen LogP contribution in [-0.2, 0) is 21.2 Å². The first kappa shape index (κ1) is 18.0. The Labute approximate surface area is 158 Å². The van der Waals surface area contributed by atoms with Gasteiger partial charge in [0.15, 0.2) is 0 Å².